The van der Waals surface area contributed by atoms with Crippen molar-refractivity contribution < 1.29 is 9.53 Å². The summed E-state index contributed by atoms with van der Waals surface area (Å²) < 4.78 is 7.35. The van der Waals surface area contributed by atoms with Crippen molar-refractivity contribution in [3.8, 4) is 0 Å². The zero-order valence-electron chi connectivity index (χ0n) is 11.1. The van der Waals surface area contributed by atoms with Gasteiger partial charge in [0.05, 0.1) is 25.0 Å². The number of Topliss-reactive ketones (excluding diaryl/α,β-unsaturated/α-hetero) is 1. The molecule has 0 aromatic carbocycles. The molecule has 5 nitrogen and oxygen atoms in total. The zero-order valence-corrected chi connectivity index (χ0v) is 11.1. The maximum atomic E-state index is 12.4. The van der Waals surface area contributed by atoms with Crippen LogP contribution in [0.5, 0.6) is 0 Å². The molecule has 1 aromatic heterocycles. The van der Waals surface area contributed by atoms with E-state index in [1.54, 1.807) is 6.20 Å². The summed E-state index contributed by atoms with van der Waals surface area (Å²) in [6.07, 6.45) is 5.02. The number of nitrogens with two attached hydrogens (primary N) is 1. The third-order valence-electron chi connectivity index (χ3n) is 3.74. The molecule has 2 atom stereocenters. The van der Waals surface area contributed by atoms with Gasteiger partial charge in [-0.05, 0) is 13.3 Å². The summed E-state index contributed by atoms with van der Waals surface area (Å²) in [6.45, 7) is 5.77. The van der Waals surface area contributed by atoms with Crippen LogP contribution in [0, 0.1) is 5.41 Å². The Hall–Kier alpha value is -1.20. The highest BCUT2D eigenvalue weighted by Crippen LogP contribution is 2.29. The molecule has 2 rings (SSSR count). The van der Waals surface area contributed by atoms with Crippen molar-refractivity contribution in [2.45, 2.75) is 39.3 Å². The average Bonchev–Trinajstić information content (AvgIpc) is 2.89. The summed E-state index contributed by atoms with van der Waals surface area (Å²) in [4.78, 5) is 16.7. The van der Waals surface area contributed by atoms with Crippen LogP contribution in [0.1, 0.15) is 26.1 Å². The number of ketones is 1. The fourth-order valence-electron chi connectivity index (χ4n) is 2.27. The van der Waals surface area contributed by atoms with Crippen molar-refractivity contribution in [2.24, 2.45) is 11.1 Å². The van der Waals surface area contributed by atoms with Crippen LogP contribution in [0.2, 0.25) is 0 Å². The number of ether oxygens (including phenoxy) is 1. The van der Waals surface area contributed by atoms with Crippen molar-refractivity contribution in [1.82, 2.24) is 9.55 Å². The number of nitrogens with zero attached hydrogens (tertiary/aromatic N) is 2. The van der Waals surface area contributed by atoms with Crippen LogP contribution in [0.3, 0.4) is 0 Å². The molecule has 2 unspecified atom stereocenters. The Morgan fingerprint density at radius 3 is 3.11 bits per heavy atom. The first-order chi connectivity index (χ1) is 8.58. The number of hydrogen-bond acceptors (Lipinski definition) is 4. The van der Waals surface area contributed by atoms with E-state index in [1.807, 2.05) is 17.7 Å². The van der Waals surface area contributed by atoms with E-state index >= 15 is 0 Å². The lowest BCUT2D eigenvalue weighted by atomic mass is 9.80. The predicted octanol–water partition coefficient (Wildman–Crippen LogP) is 0.768. The number of rotatable bonds is 5. The minimum atomic E-state index is -0.566. The van der Waals surface area contributed by atoms with Crippen molar-refractivity contribution in [3.63, 3.8) is 0 Å². The molecule has 1 aliphatic heterocycles. The molecule has 0 amide bonds. The smallest absolute Gasteiger partial charge is 0.150 e. The molecular formula is C13H21N3O2. The fraction of sp³-hybridized carbons (Fsp3) is 0.692. The van der Waals surface area contributed by atoms with E-state index in [-0.39, 0.29) is 11.8 Å². The lowest BCUT2D eigenvalue weighted by Gasteiger charge is -2.25. The third-order valence-corrected chi connectivity index (χ3v) is 3.74. The van der Waals surface area contributed by atoms with Crippen LogP contribution >= 0.6 is 0 Å². The van der Waals surface area contributed by atoms with Gasteiger partial charge in [-0.15, -0.1) is 0 Å². The molecular weight excluding hydrogens is 230 g/mol. The molecule has 0 bridgehead atoms. The third kappa shape index (κ3) is 2.33. The van der Waals surface area contributed by atoms with Crippen LogP contribution in [0.15, 0.2) is 12.4 Å². The SMILES string of the molecule is CCCn1ccnc1CC(=O)C1(C)COCC1N. The summed E-state index contributed by atoms with van der Waals surface area (Å²) in [5.41, 5.74) is 5.40. The molecule has 18 heavy (non-hydrogen) atoms. The van der Waals surface area contributed by atoms with E-state index in [9.17, 15) is 4.79 Å². The quantitative estimate of drug-likeness (QED) is 0.839. The van der Waals surface area contributed by atoms with E-state index in [4.69, 9.17) is 10.5 Å². The van der Waals surface area contributed by atoms with Crippen molar-refractivity contribution in [1.29, 1.82) is 0 Å². The highest BCUT2D eigenvalue weighted by molar-refractivity contribution is 5.87. The van der Waals surface area contributed by atoms with Crippen molar-refractivity contribution in [2.75, 3.05) is 13.2 Å². The number of aromatic nitrogens is 2. The lowest BCUT2D eigenvalue weighted by molar-refractivity contribution is -0.127. The van der Waals surface area contributed by atoms with Gasteiger partial charge >= 0.3 is 0 Å². The summed E-state index contributed by atoms with van der Waals surface area (Å²) >= 11 is 0. The molecule has 2 heterocycles. The Balaban J connectivity index is 2.09. The fourth-order valence-corrected chi connectivity index (χ4v) is 2.27. The molecule has 0 aliphatic carbocycles. The summed E-state index contributed by atoms with van der Waals surface area (Å²) in [7, 11) is 0. The van der Waals surface area contributed by atoms with Gasteiger partial charge in [0.15, 0.2) is 0 Å². The Bertz CT molecular complexity index is 430. The van der Waals surface area contributed by atoms with Gasteiger partial charge in [-0.1, -0.05) is 6.92 Å². The minimum absolute atomic E-state index is 0.121. The number of carbonyl (C=O) groups excluding carboxylic acids is 1. The van der Waals surface area contributed by atoms with Gasteiger partial charge in [0.2, 0.25) is 0 Å². The first-order valence-corrected chi connectivity index (χ1v) is 6.44. The van der Waals surface area contributed by atoms with Crippen molar-refractivity contribution >= 4 is 5.78 Å². The van der Waals surface area contributed by atoms with Crippen molar-refractivity contribution in [3.05, 3.63) is 18.2 Å². The molecule has 0 radical (unpaired) electrons. The molecule has 0 saturated carbocycles. The summed E-state index contributed by atoms with van der Waals surface area (Å²) in [5, 5.41) is 0. The first kappa shape index (κ1) is 13.2. The lowest BCUT2D eigenvalue weighted by Crippen LogP contribution is -2.45. The zero-order chi connectivity index (χ0) is 13.2. The molecule has 5 heteroatoms. The molecule has 1 saturated heterocycles. The monoisotopic (exact) mass is 251 g/mol. The van der Waals surface area contributed by atoms with Gasteiger partial charge in [-0.25, -0.2) is 4.98 Å². The van der Waals surface area contributed by atoms with Gasteiger partial charge in [-0.3, -0.25) is 4.79 Å². The van der Waals surface area contributed by atoms with E-state index in [1.165, 1.54) is 0 Å². The van der Waals surface area contributed by atoms with Gasteiger partial charge in [0.25, 0.3) is 0 Å². The largest absolute Gasteiger partial charge is 0.379 e. The Morgan fingerprint density at radius 1 is 1.72 bits per heavy atom. The maximum Gasteiger partial charge on any atom is 0.150 e. The van der Waals surface area contributed by atoms with Crippen LogP contribution < -0.4 is 5.73 Å². The standard InChI is InChI=1S/C13H21N3O2/c1-3-5-16-6-4-15-12(16)7-11(17)13(2)9-18-8-10(13)14/h4,6,10H,3,5,7-9,14H2,1-2H3. The number of carbonyl (C=O) groups is 1. The molecule has 1 aliphatic rings. The summed E-state index contributed by atoms with van der Waals surface area (Å²) in [5.74, 6) is 0.943. The van der Waals surface area contributed by atoms with E-state index < -0.39 is 5.41 Å². The van der Waals surface area contributed by atoms with Gasteiger partial charge in [0, 0.05) is 25.0 Å². The first-order valence-electron chi connectivity index (χ1n) is 6.44. The van der Waals surface area contributed by atoms with E-state index in [2.05, 4.69) is 11.9 Å². The van der Waals surface area contributed by atoms with Gasteiger partial charge in [-0.2, -0.15) is 0 Å². The molecule has 2 N–H and O–H groups in total. The second kappa shape index (κ2) is 5.20. The number of aryl methyl sites for hydroxylation is 1. The van der Waals surface area contributed by atoms with Crippen LogP contribution in [-0.4, -0.2) is 34.6 Å². The normalized spacial score (nSPS) is 27.6. The van der Waals surface area contributed by atoms with E-state index in [0.717, 1.165) is 18.8 Å². The Morgan fingerprint density at radius 2 is 2.50 bits per heavy atom. The number of hydrogen-bond donors (Lipinski definition) is 1. The van der Waals surface area contributed by atoms with E-state index in [0.29, 0.717) is 19.6 Å². The van der Waals surface area contributed by atoms with Gasteiger partial charge in [0.1, 0.15) is 11.6 Å². The maximum absolute atomic E-state index is 12.4. The Kier molecular flexibility index (Phi) is 3.82. The second-order valence-electron chi connectivity index (χ2n) is 5.18. The molecule has 0 spiro atoms. The highest BCUT2D eigenvalue weighted by Gasteiger charge is 2.44. The molecule has 1 aromatic rings. The molecule has 1 fully saturated rings. The topological polar surface area (TPSA) is 70.1 Å². The number of imidazole rings is 1. The van der Waals surface area contributed by atoms with Crippen LogP contribution in [0.4, 0.5) is 0 Å². The Labute approximate surface area is 107 Å². The van der Waals surface area contributed by atoms with Crippen LogP contribution in [-0.2, 0) is 22.5 Å². The predicted molar refractivity (Wildman–Crippen MR) is 68.1 cm³/mol. The average molecular weight is 251 g/mol. The van der Waals surface area contributed by atoms with Crippen LogP contribution in [0.25, 0.3) is 0 Å². The summed E-state index contributed by atoms with van der Waals surface area (Å²) in [6, 6.07) is -0.209. The van der Waals surface area contributed by atoms with Gasteiger partial charge < -0.3 is 15.0 Å². The minimum Gasteiger partial charge on any atom is -0.379 e. The molecule has 100 valence electrons. The highest BCUT2D eigenvalue weighted by atomic mass is 16.5. The second-order valence-corrected chi connectivity index (χ2v) is 5.18.